The molecular formula is C28H42N6O3. The van der Waals surface area contributed by atoms with Gasteiger partial charge < -0.3 is 19.9 Å². The lowest BCUT2D eigenvalue weighted by Crippen LogP contribution is -2.59. The lowest BCUT2D eigenvalue weighted by molar-refractivity contribution is 0.0290. The monoisotopic (exact) mass is 510 g/mol. The number of aromatic amines is 1. The van der Waals surface area contributed by atoms with Crippen LogP contribution in [0.4, 0.5) is 10.6 Å². The van der Waals surface area contributed by atoms with Crippen molar-refractivity contribution in [2.24, 2.45) is 5.92 Å². The molecule has 0 aliphatic carbocycles. The lowest BCUT2D eigenvalue weighted by atomic mass is 9.99. The van der Waals surface area contributed by atoms with Crippen molar-refractivity contribution in [1.29, 1.82) is 0 Å². The predicted molar refractivity (Wildman–Crippen MR) is 145 cm³/mol. The topological polar surface area (TPSA) is 93.8 Å². The Labute approximate surface area is 220 Å². The van der Waals surface area contributed by atoms with Crippen molar-refractivity contribution in [3.63, 3.8) is 0 Å². The molecule has 1 atom stereocenters. The minimum atomic E-state index is -0.551. The number of fused-ring (bicyclic) bond motifs is 1. The van der Waals surface area contributed by atoms with Gasteiger partial charge in [-0.2, -0.15) is 5.10 Å². The maximum absolute atomic E-state index is 13.8. The molecular weight excluding hydrogens is 468 g/mol. The first-order valence-corrected chi connectivity index (χ1v) is 13.1. The summed E-state index contributed by atoms with van der Waals surface area (Å²) in [7, 11) is 0. The molecule has 1 aromatic heterocycles. The van der Waals surface area contributed by atoms with E-state index in [-0.39, 0.29) is 25.4 Å². The van der Waals surface area contributed by atoms with Crippen LogP contribution in [0.1, 0.15) is 68.2 Å². The van der Waals surface area contributed by atoms with Gasteiger partial charge in [-0.05, 0) is 58.6 Å². The molecule has 3 amide bonds. The first kappa shape index (κ1) is 27.1. The van der Waals surface area contributed by atoms with Gasteiger partial charge in [-0.3, -0.25) is 14.8 Å². The van der Waals surface area contributed by atoms with E-state index in [2.05, 4.69) is 27.3 Å². The molecule has 9 heteroatoms. The molecule has 2 saturated heterocycles. The molecule has 0 saturated carbocycles. The van der Waals surface area contributed by atoms with Crippen molar-refractivity contribution in [2.45, 2.75) is 66.1 Å². The van der Waals surface area contributed by atoms with Crippen molar-refractivity contribution < 1.29 is 14.3 Å². The van der Waals surface area contributed by atoms with Crippen molar-refractivity contribution in [1.82, 2.24) is 24.9 Å². The van der Waals surface area contributed by atoms with Gasteiger partial charge in [-0.1, -0.05) is 25.1 Å². The highest BCUT2D eigenvalue weighted by atomic mass is 16.5. The third kappa shape index (κ3) is 5.38. The van der Waals surface area contributed by atoms with Crippen LogP contribution < -0.4 is 5.32 Å². The van der Waals surface area contributed by atoms with Gasteiger partial charge >= 0.3 is 6.03 Å². The molecule has 3 aliphatic rings. The Morgan fingerprint density at radius 3 is 2.68 bits per heavy atom. The van der Waals surface area contributed by atoms with Crippen LogP contribution in [0.5, 0.6) is 0 Å². The van der Waals surface area contributed by atoms with Gasteiger partial charge in [0.15, 0.2) is 5.82 Å². The van der Waals surface area contributed by atoms with Gasteiger partial charge in [0, 0.05) is 56.6 Å². The summed E-state index contributed by atoms with van der Waals surface area (Å²) in [4.78, 5) is 33.0. The number of aromatic nitrogens is 2. The second-order valence-electron chi connectivity index (χ2n) is 11.0. The van der Waals surface area contributed by atoms with Crippen molar-refractivity contribution in [3.8, 4) is 0 Å². The SMILES string of the molecule is C.Cc1cccc(C(=O)Nc2n[nH]c3c2CN(C(=O)N2CCN(CC4CCOCC4)C[C@@H]2C)C3(C)C)c1. The number of nitrogens with one attached hydrogen (secondary N) is 2. The molecule has 2 N–H and O–H groups in total. The maximum atomic E-state index is 13.8. The Morgan fingerprint density at radius 2 is 1.97 bits per heavy atom. The van der Waals surface area contributed by atoms with E-state index in [4.69, 9.17) is 4.74 Å². The van der Waals surface area contributed by atoms with E-state index < -0.39 is 5.54 Å². The molecule has 0 unspecified atom stereocenters. The molecule has 0 spiro atoms. The van der Waals surface area contributed by atoms with Crippen LogP contribution in [0.15, 0.2) is 24.3 Å². The minimum absolute atomic E-state index is 0. The third-order valence-electron chi connectivity index (χ3n) is 8.03. The molecule has 37 heavy (non-hydrogen) atoms. The second-order valence-corrected chi connectivity index (χ2v) is 11.0. The second kappa shape index (κ2) is 10.8. The summed E-state index contributed by atoms with van der Waals surface area (Å²) in [5, 5.41) is 10.4. The maximum Gasteiger partial charge on any atom is 0.321 e. The van der Waals surface area contributed by atoms with E-state index in [1.54, 1.807) is 6.07 Å². The fraction of sp³-hybridized carbons (Fsp3) is 0.607. The molecule has 0 bridgehead atoms. The molecule has 2 fully saturated rings. The Balaban J connectivity index is 0.00000320. The van der Waals surface area contributed by atoms with Gasteiger partial charge in [0.25, 0.3) is 5.91 Å². The van der Waals surface area contributed by atoms with Crippen molar-refractivity contribution >= 4 is 17.8 Å². The normalized spacial score (nSPS) is 21.9. The zero-order valence-corrected chi connectivity index (χ0v) is 21.8. The van der Waals surface area contributed by atoms with Crippen LogP contribution in [-0.2, 0) is 16.8 Å². The highest BCUT2D eigenvalue weighted by molar-refractivity contribution is 6.04. The number of hydrogen-bond donors (Lipinski definition) is 2. The average molecular weight is 511 g/mol. The van der Waals surface area contributed by atoms with Crippen molar-refractivity contribution in [2.75, 3.05) is 44.7 Å². The molecule has 9 nitrogen and oxygen atoms in total. The number of urea groups is 1. The van der Waals surface area contributed by atoms with Crippen LogP contribution in [0, 0.1) is 12.8 Å². The fourth-order valence-corrected chi connectivity index (χ4v) is 5.82. The number of benzene rings is 1. The molecule has 202 valence electrons. The quantitative estimate of drug-likeness (QED) is 0.643. The van der Waals surface area contributed by atoms with E-state index in [0.717, 1.165) is 69.1 Å². The fourth-order valence-electron chi connectivity index (χ4n) is 5.82. The Hall–Kier alpha value is -2.91. The highest BCUT2D eigenvalue weighted by Crippen LogP contribution is 2.41. The number of H-pyrrole nitrogens is 1. The van der Waals surface area contributed by atoms with Gasteiger partial charge in [0.05, 0.1) is 17.8 Å². The van der Waals surface area contributed by atoms with Crippen molar-refractivity contribution in [3.05, 3.63) is 46.6 Å². The number of ether oxygens (including phenoxy) is 1. The standard InChI is InChI=1S/C27H38N6O3.CH4/c1-18-6-5-7-21(14-18)25(34)28-24-22-17-33(27(3,4)23(22)29-30-24)26(35)32-11-10-31(15-19(32)2)16-20-8-12-36-13-9-20;/h5-7,14,19-20H,8-13,15-17H2,1-4H3,(H2,28,29,30,34);1H4/t19-;/m0./s1. The number of rotatable bonds is 4. The van der Waals surface area contributed by atoms with Crippen LogP contribution in [-0.4, -0.2) is 82.3 Å². The summed E-state index contributed by atoms with van der Waals surface area (Å²) in [5.74, 6) is 0.982. The highest BCUT2D eigenvalue weighted by Gasteiger charge is 2.46. The van der Waals surface area contributed by atoms with Crippen LogP contribution >= 0.6 is 0 Å². The van der Waals surface area contributed by atoms with Gasteiger partial charge in [-0.25, -0.2) is 4.79 Å². The Kier molecular flexibility index (Phi) is 7.94. The van der Waals surface area contributed by atoms with Crippen LogP contribution in [0.25, 0.3) is 0 Å². The predicted octanol–water partition coefficient (Wildman–Crippen LogP) is 4.21. The number of carbonyl (C=O) groups is 2. The van der Waals surface area contributed by atoms with Gasteiger partial charge in [0.2, 0.25) is 0 Å². The lowest BCUT2D eigenvalue weighted by Gasteiger charge is -2.44. The first-order chi connectivity index (χ1) is 17.2. The summed E-state index contributed by atoms with van der Waals surface area (Å²) in [6.07, 6.45) is 2.26. The summed E-state index contributed by atoms with van der Waals surface area (Å²) in [6, 6.07) is 7.65. The summed E-state index contributed by atoms with van der Waals surface area (Å²) >= 11 is 0. The summed E-state index contributed by atoms with van der Waals surface area (Å²) < 4.78 is 5.50. The number of amides is 3. The summed E-state index contributed by atoms with van der Waals surface area (Å²) in [5.41, 5.74) is 2.81. The molecule has 0 radical (unpaired) electrons. The molecule has 5 rings (SSSR count). The smallest absolute Gasteiger partial charge is 0.321 e. The van der Waals surface area contributed by atoms with Gasteiger partial charge in [0.1, 0.15) is 0 Å². The van der Waals surface area contributed by atoms with E-state index in [9.17, 15) is 9.59 Å². The molecule has 2 aromatic rings. The number of hydrogen-bond acceptors (Lipinski definition) is 5. The van der Waals surface area contributed by atoms with E-state index >= 15 is 0 Å². The number of anilines is 1. The van der Waals surface area contributed by atoms with Crippen LogP contribution in [0.3, 0.4) is 0 Å². The molecule has 3 aliphatic heterocycles. The first-order valence-electron chi connectivity index (χ1n) is 13.1. The largest absolute Gasteiger partial charge is 0.381 e. The van der Waals surface area contributed by atoms with Crippen LogP contribution in [0.2, 0.25) is 0 Å². The third-order valence-corrected chi connectivity index (χ3v) is 8.03. The number of carbonyl (C=O) groups excluding carboxylic acids is 2. The number of aryl methyl sites for hydroxylation is 1. The van der Waals surface area contributed by atoms with E-state index in [1.165, 1.54) is 0 Å². The molecule has 4 heterocycles. The zero-order chi connectivity index (χ0) is 25.4. The van der Waals surface area contributed by atoms with E-state index in [0.29, 0.717) is 23.8 Å². The van der Waals surface area contributed by atoms with E-state index in [1.807, 2.05) is 48.8 Å². The minimum Gasteiger partial charge on any atom is -0.381 e. The number of piperazine rings is 1. The Bertz CT molecular complexity index is 1120. The Morgan fingerprint density at radius 1 is 1.22 bits per heavy atom. The van der Waals surface area contributed by atoms with Gasteiger partial charge in [-0.15, -0.1) is 0 Å². The number of nitrogens with zero attached hydrogens (tertiary/aromatic N) is 4. The average Bonchev–Trinajstić information content (AvgIpc) is 3.37. The zero-order valence-electron chi connectivity index (χ0n) is 21.8. The molecule has 1 aromatic carbocycles. The summed E-state index contributed by atoms with van der Waals surface area (Å²) in [6.45, 7) is 13.9.